The zero-order chi connectivity index (χ0) is 18.1. The van der Waals surface area contributed by atoms with Crippen molar-refractivity contribution in [3.8, 4) is 11.5 Å². The van der Waals surface area contributed by atoms with E-state index in [1.54, 1.807) is 7.05 Å². The first kappa shape index (κ1) is 21.2. The molecule has 0 amide bonds. The fourth-order valence-corrected chi connectivity index (χ4v) is 1.91. The van der Waals surface area contributed by atoms with Gasteiger partial charge in [0.1, 0.15) is 0 Å². The van der Waals surface area contributed by atoms with Crippen molar-refractivity contribution in [2.24, 2.45) is 0 Å². The molecule has 0 bridgehead atoms. The molecule has 1 N–H and O–H groups in total. The highest BCUT2D eigenvalue weighted by Gasteiger charge is 2.37. The Morgan fingerprint density at radius 2 is 1.56 bits per heavy atom. The molecule has 1 atom stereocenters. The summed E-state index contributed by atoms with van der Waals surface area (Å²) < 4.78 is 81.8. The number of nitrogens with zero attached hydrogens (tertiary/aromatic N) is 2. The monoisotopic (exact) mass is 389 g/mol. The van der Waals surface area contributed by atoms with Gasteiger partial charge in [0, 0.05) is 18.0 Å². The number of aromatic nitrogens is 2. The summed E-state index contributed by atoms with van der Waals surface area (Å²) in [4.78, 5) is 3.86. The molecule has 0 aliphatic heterocycles. The van der Waals surface area contributed by atoms with E-state index in [1.165, 1.54) is 0 Å². The third kappa shape index (κ3) is 5.33. The Bertz CT molecular complexity index is 681. The van der Waals surface area contributed by atoms with Gasteiger partial charge in [-0.05, 0) is 32.2 Å². The van der Waals surface area contributed by atoms with Crippen LogP contribution in [0.5, 0.6) is 0 Å². The summed E-state index contributed by atoms with van der Waals surface area (Å²) in [5.74, 6) is -0.220. The van der Waals surface area contributed by atoms with Crippen molar-refractivity contribution in [2.75, 3.05) is 7.05 Å². The molecule has 1 aromatic heterocycles. The predicted octanol–water partition coefficient (Wildman–Crippen LogP) is 4.35. The molecule has 4 nitrogen and oxygen atoms in total. The van der Waals surface area contributed by atoms with Crippen molar-refractivity contribution in [1.82, 2.24) is 15.5 Å². The van der Waals surface area contributed by atoms with E-state index in [-0.39, 0.29) is 30.3 Å². The summed E-state index contributed by atoms with van der Waals surface area (Å²) >= 11 is 0. The molecule has 0 spiro atoms. The van der Waals surface area contributed by atoms with Crippen LogP contribution in [0.2, 0.25) is 0 Å². The Kier molecular flexibility index (Phi) is 6.46. The molecule has 0 aliphatic carbocycles. The minimum absolute atomic E-state index is 0. The number of hydrogen-bond acceptors (Lipinski definition) is 4. The van der Waals surface area contributed by atoms with Crippen LogP contribution < -0.4 is 5.32 Å². The topological polar surface area (TPSA) is 51.0 Å². The van der Waals surface area contributed by atoms with Crippen molar-refractivity contribution in [3.63, 3.8) is 0 Å². The third-order valence-electron chi connectivity index (χ3n) is 3.28. The van der Waals surface area contributed by atoms with Crippen LogP contribution in [0.4, 0.5) is 26.3 Å². The minimum atomic E-state index is -4.93. The molecule has 25 heavy (non-hydrogen) atoms. The van der Waals surface area contributed by atoms with Crippen LogP contribution >= 0.6 is 12.4 Å². The zero-order valence-corrected chi connectivity index (χ0v) is 13.8. The van der Waals surface area contributed by atoms with Gasteiger partial charge in [0.25, 0.3) is 5.89 Å². The fourth-order valence-electron chi connectivity index (χ4n) is 1.91. The Balaban J connectivity index is 0.00000312. The first-order valence-electron chi connectivity index (χ1n) is 6.80. The van der Waals surface area contributed by atoms with E-state index in [0.717, 1.165) is 0 Å². The van der Waals surface area contributed by atoms with Gasteiger partial charge >= 0.3 is 12.4 Å². The second-order valence-electron chi connectivity index (χ2n) is 5.20. The lowest BCUT2D eigenvalue weighted by Gasteiger charge is -2.12. The number of hydrogen-bond donors (Lipinski definition) is 1. The predicted molar refractivity (Wildman–Crippen MR) is 79.2 cm³/mol. The average molecular weight is 390 g/mol. The van der Waals surface area contributed by atoms with Gasteiger partial charge in [0.05, 0.1) is 11.1 Å². The lowest BCUT2D eigenvalue weighted by atomic mass is 10.0. The molecule has 140 valence electrons. The summed E-state index contributed by atoms with van der Waals surface area (Å²) in [6, 6.07) is 1.11. The SMILES string of the molecule is CNC(C)Cc1noc(-c2cc(C(F)(F)F)cc(C(F)(F)F)c2)n1.Cl. The molecule has 0 radical (unpaired) electrons. The van der Waals surface area contributed by atoms with E-state index in [0.29, 0.717) is 18.6 Å². The highest BCUT2D eigenvalue weighted by Crippen LogP contribution is 2.38. The summed E-state index contributed by atoms with van der Waals surface area (Å²) in [7, 11) is 1.69. The molecule has 0 aliphatic rings. The third-order valence-corrected chi connectivity index (χ3v) is 3.28. The molecular formula is C14H14ClF6N3O. The van der Waals surface area contributed by atoms with Crippen LogP contribution in [0.3, 0.4) is 0 Å². The maximum atomic E-state index is 12.8. The van der Waals surface area contributed by atoms with Gasteiger partial charge in [-0.3, -0.25) is 0 Å². The molecule has 2 aromatic rings. The molecule has 0 fully saturated rings. The molecule has 1 heterocycles. The van der Waals surface area contributed by atoms with Gasteiger partial charge in [-0.15, -0.1) is 12.4 Å². The van der Waals surface area contributed by atoms with E-state index in [2.05, 4.69) is 15.5 Å². The van der Waals surface area contributed by atoms with Gasteiger partial charge in [-0.2, -0.15) is 31.3 Å². The summed E-state index contributed by atoms with van der Waals surface area (Å²) in [6.07, 6.45) is -9.55. The fraction of sp³-hybridized carbons (Fsp3) is 0.429. The molecule has 0 saturated carbocycles. The maximum absolute atomic E-state index is 12.8. The van der Waals surface area contributed by atoms with Crippen molar-refractivity contribution in [1.29, 1.82) is 0 Å². The molecular weight excluding hydrogens is 376 g/mol. The first-order valence-corrected chi connectivity index (χ1v) is 6.80. The Morgan fingerprint density at radius 1 is 1.04 bits per heavy atom. The van der Waals surface area contributed by atoms with Crippen LogP contribution in [-0.2, 0) is 18.8 Å². The Labute approximate surface area is 145 Å². The van der Waals surface area contributed by atoms with Crippen LogP contribution in [0.1, 0.15) is 23.9 Å². The van der Waals surface area contributed by atoms with Gasteiger partial charge in [-0.1, -0.05) is 5.16 Å². The van der Waals surface area contributed by atoms with Crippen LogP contribution in [0, 0.1) is 0 Å². The number of rotatable bonds is 4. The van der Waals surface area contributed by atoms with E-state index in [1.807, 2.05) is 6.92 Å². The molecule has 1 aromatic carbocycles. The van der Waals surface area contributed by atoms with Gasteiger partial charge in [0.2, 0.25) is 0 Å². The number of nitrogens with one attached hydrogen (secondary N) is 1. The number of halogens is 7. The lowest BCUT2D eigenvalue weighted by molar-refractivity contribution is -0.143. The number of likely N-dealkylation sites (N-methyl/N-ethyl adjacent to an activating group) is 1. The quantitative estimate of drug-likeness (QED) is 0.790. The second-order valence-corrected chi connectivity index (χ2v) is 5.20. The smallest absolute Gasteiger partial charge is 0.334 e. The molecule has 0 saturated heterocycles. The van der Waals surface area contributed by atoms with Gasteiger partial charge in [-0.25, -0.2) is 0 Å². The van der Waals surface area contributed by atoms with Crippen molar-refractivity contribution in [2.45, 2.75) is 31.7 Å². The Hall–Kier alpha value is -1.81. The van der Waals surface area contributed by atoms with Crippen LogP contribution in [0.25, 0.3) is 11.5 Å². The van der Waals surface area contributed by atoms with Crippen molar-refractivity contribution < 1.29 is 30.9 Å². The van der Waals surface area contributed by atoms with Crippen molar-refractivity contribution in [3.05, 3.63) is 35.2 Å². The minimum Gasteiger partial charge on any atom is -0.334 e. The first-order chi connectivity index (χ1) is 11.0. The standard InChI is InChI=1S/C14H13F6N3O.ClH/c1-7(21-2)3-11-22-12(24-23-11)8-4-9(13(15,16)17)6-10(5-8)14(18,19)20;/h4-7,21H,3H2,1-2H3;1H. The highest BCUT2D eigenvalue weighted by molar-refractivity contribution is 5.85. The van der Waals surface area contributed by atoms with Gasteiger partial charge < -0.3 is 9.84 Å². The number of alkyl halides is 6. The Morgan fingerprint density at radius 3 is 2.00 bits per heavy atom. The lowest BCUT2D eigenvalue weighted by Crippen LogP contribution is -2.24. The van der Waals surface area contributed by atoms with Gasteiger partial charge in [0.15, 0.2) is 5.82 Å². The normalized spacial score (nSPS) is 13.4. The van der Waals surface area contributed by atoms with Crippen LogP contribution in [-0.4, -0.2) is 23.2 Å². The molecule has 1 unspecified atom stereocenters. The summed E-state index contributed by atoms with van der Waals surface area (Å²) in [5.41, 5.74) is -3.31. The van der Waals surface area contributed by atoms with E-state index in [9.17, 15) is 26.3 Å². The number of benzene rings is 1. The molecule has 2 rings (SSSR count). The zero-order valence-electron chi connectivity index (χ0n) is 13.0. The summed E-state index contributed by atoms with van der Waals surface area (Å²) in [5, 5.41) is 6.48. The van der Waals surface area contributed by atoms with Crippen LogP contribution in [0.15, 0.2) is 22.7 Å². The largest absolute Gasteiger partial charge is 0.416 e. The maximum Gasteiger partial charge on any atom is 0.416 e. The average Bonchev–Trinajstić information content (AvgIpc) is 2.93. The van der Waals surface area contributed by atoms with E-state index in [4.69, 9.17) is 4.52 Å². The van der Waals surface area contributed by atoms with E-state index < -0.39 is 34.9 Å². The highest BCUT2D eigenvalue weighted by atomic mass is 35.5. The van der Waals surface area contributed by atoms with E-state index >= 15 is 0 Å². The second kappa shape index (κ2) is 7.61. The van der Waals surface area contributed by atoms with Crippen molar-refractivity contribution >= 4 is 12.4 Å². The molecule has 11 heteroatoms. The summed E-state index contributed by atoms with van der Waals surface area (Å²) in [6.45, 7) is 1.81.